The van der Waals surface area contributed by atoms with Crippen LogP contribution in [0.15, 0.2) is 6.20 Å². The van der Waals surface area contributed by atoms with Crippen LogP contribution in [0.25, 0.3) is 0 Å². The Hall–Kier alpha value is -1.03. The third kappa shape index (κ3) is 2.32. The fraction of sp³-hybridized carbons (Fsp3) is 0.769. The van der Waals surface area contributed by atoms with Crippen LogP contribution in [0.5, 0.6) is 5.75 Å². The average Bonchev–Trinajstić information content (AvgIpc) is 2.93. The summed E-state index contributed by atoms with van der Waals surface area (Å²) in [5.41, 5.74) is 7.48. The Bertz CT molecular complexity index is 353. The van der Waals surface area contributed by atoms with Gasteiger partial charge in [0, 0.05) is 6.54 Å². The van der Waals surface area contributed by atoms with E-state index < -0.39 is 0 Å². The maximum atomic E-state index is 6.42. The predicted octanol–water partition coefficient (Wildman–Crippen LogP) is 2.35. The predicted molar refractivity (Wildman–Crippen MR) is 67.9 cm³/mol. The summed E-state index contributed by atoms with van der Waals surface area (Å²) in [6.45, 7) is 5.23. The highest BCUT2D eigenvalue weighted by molar-refractivity contribution is 5.28. The third-order valence-electron chi connectivity index (χ3n) is 3.92. The molecule has 3 unspecified atom stereocenters. The van der Waals surface area contributed by atoms with Crippen LogP contribution < -0.4 is 10.5 Å². The minimum atomic E-state index is 0.0531. The van der Waals surface area contributed by atoms with Crippen molar-refractivity contribution >= 4 is 0 Å². The maximum Gasteiger partial charge on any atom is 0.161 e. The molecule has 0 aliphatic heterocycles. The maximum absolute atomic E-state index is 6.42. The molecule has 0 spiro atoms. The van der Waals surface area contributed by atoms with Crippen molar-refractivity contribution in [2.45, 2.75) is 45.7 Å². The van der Waals surface area contributed by atoms with Crippen molar-refractivity contribution < 1.29 is 4.74 Å². The summed E-state index contributed by atoms with van der Waals surface area (Å²) < 4.78 is 7.34. The molecule has 96 valence electrons. The first-order chi connectivity index (χ1) is 8.17. The van der Waals surface area contributed by atoms with Crippen LogP contribution in [-0.4, -0.2) is 16.9 Å². The molecule has 2 N–H and O–H groups in total. The van der Waals surface area contributed by atoms with Crippen LogP contribution in [0.1, 0.15) is 44.8 Å². The molecule has 1 heterocycles. The zero-order valence-corrected chi connectivity index (χ0v) is 11.0. The van der Waals surface area contributed by atoms with Crippen LogP contribution in [0, 0.1) is 11.8 Å². The Kier molecular flexibility index (Phi) is 3.72. The molecular formula is C13H23N3O. The molecule has 1 fully saturated rings. The second kappa shape index (κ2) is 5.08. The van der Waals surface area contributed by atoms with Gasteiger partial charge in [0.05, 0.1) is 25.0 Å². The summed E-state index contributed by atoms with van der Waals surface area (Å²) in [7, 11) is 1.69. The second-order valence-electron chi connectivity index (χ2n) is 5.12. The first kappa shape index (κ1) is 12.4. The molecule has 1 aliphatic carbocycles. The van der Waals surface area contributed by atoms with Crippen molar-refractivity contribution in [2.75, 3.05) is 7.11 Å². The van der Waals surface area contributed by atoms with Gasteiger partial charge in [-0.1, -0.05) is 13.3 Å². The van der Waals surface area contributed by atoms with E-state index in [1.807, 2.05) is 4.68 Å². The van der Waals surface area contributed by atoms with Crippen LogP contribution in [0.2, 0.25) is 0 Å². The number of nitrogens with two attached hydrogens (primary N) is 1. The molecule has 0 radical (unpaired) electrons. The Morgan fingerprint density at radius 2 is 2.35 bits per heavy atom. The zero-order chi connectivity index (χ0) is 12.4. The summed E-state index contributed by atoms with van der Waals surface area (Å²) in [6.07, 6.45) is 5.51. The van der Waals surface area contributed by atoms with Gasteiger partial charge >= 0.3 is 0 Å². The van der Waals surface area contributed by atoms with Gasteiger partial charge in [-0.25, -0.2) is 0 Å². The number of aryl methyl sites for hydroxylation is 1. The summed E-state index contributed by atoms with van der Waals surface area (Å²) in [5.74, 6) is 2.20. The van der Waals surface area contributed by atoms with Gasteiger partial charge in [-0.15, -0.1) is 0 Å². The van der Waals surface area contributed by atoms with E-state index in [2.05, 4.69) is 18.9 Å². The molecule has 4 nitrogen and oxygen atoms in total. The Morgan fingerprint density at radius 3 is 2.88 bits per heavy atom. The van der Waals surface area contributed by atoms with Crippen LogP contribution in [0.4, 0.5) is 0 Å². The summed E-state index contributed by atoms with van der Waals surface area (Å²) in [4.78, 5) is 0. The first-order valence-electron chi connectivity index (χ1n) is 6.52. The molecule has 3 atom stereocenters. The van der Waals surface area contributed by atoms with Crippen molar-refractivity contribution in [3.8, 4) is 5.75 Å². The minimum absolute atomic E-state index is 0.0531. The number of hydrogen-bond donors (Lipinski definition) is 1. The van der Waals surface area contributed by atoms with E-state index in [-0.39, 0.29) is 6.04 Å². The third-order valence-corrected chi connectivity index (χ3v) is 3.92. The van der Waals surface area contributed by atoms with Gasteiger partial charge in [0.1, 0.15) is 0 Å². The Labute approximate surface area is 103 Å². The molecule has 17 heavy (non-hydrogen) atoms. The van der Waals surface area contributed by atoms with E-state index in [1.165, 1.54) is 19.3 Å². The monoisotopic (exact) mass is 237 g/mol. The van der Waals surface area contributed by atoms with E-state index in [0.717, 1.165) is 23.9 Å². The lowest BCUT2D eigenvalue weighted by molar-refractivity contribution is 0.367. The van der Waals surface area contributed by atoms with Crippen molar-refractivity contribution in [1.82, 2.24) is 9.78 Å². The standard InChI is InChI=1S/C13H23N3O/c1-4-16-13(11(17-3)8-15-16)12(14)10-6-5-9(2)7-10/h8-10,12H,4-7,14H2,1-3H3. The summed E-state index contributed by atoms with van der Waals surface area (Å²) in [6, 6.07) is 0.0531. The van der Waals surface area contributed by atoms with Gasteiger partial charge in [-0.2, -0.15) is 5.10 Å². The molecular weight excluding hydrogens is 214 g/mol. The Morgan fingerprint density at radius 1 is 1.59 bits per heavy atom. The first-order valence-corrected chi connectivity index (χ1v) is 6.52. The average molecular weight is 237 g/mol. The highest BCUT2D eigenvalue weighted by atomic mass is 16.5. The van der Waals surface area contributed by atoms with Gasteiger partial charge in [-0.3, -0.25) is 4.68 Å². The molecule has 2 rings (SSSR count). The van der Waals surface area contributed by atoms with Gasteiger partial charge in [0.25, 0.3) is 0 Å². The molecule has 1 aliphatic rings. The fourth-order valence-corrected chi connectivity index (χ4v) is 2.92. The highest BCUT2D eigenvalue weighted by Crippen LogP contribution is 2.39. The molecule has 1 aromatic heterocycles. The van der Waals surface area contributed by atoms with Crippen molar-refractivity contribution in [3.05, 3.63) is 11.9 Å². The van der Waals surface area contributed by atoms with Gasteiger partial charge in [0.2, 0.25) is 0 Å². The molecule has 1 saturated carbocycles. The zero-order valence-electron chi connectivity index (χ0n) is 11.0. The second-order valence-corrected chi connectivity index (χ2v) is 5.12. The van der Waals surface area contributed by atoms with E-state index in [1.54, 1.807) is 13.3 Å². The highest BCUT2D eigenvalue weighted by Gasteiger charge is 2.31. The van der Waals surface area contributed by atoms with Gasteiger partial charge in [-0.05, 0) is 31.6 Å². The molecule has 0 bridgehead atoms. The van der Waals surface area contributed by atoms with Gasteiger partial charge < -0.3 is 10.5 Å². The largest absolute Gasteiger partial charge is 0.493 e. The minimum Gasteiger partial charge on any atom is -0.493 e. The SMILES string of the molecule is CCn1ncc(OC)c1C(N)C1CCC(C)C1. The van der Waals surface area contributed by atoms with E-state index in [4.69, 9.17) is 10.5 Å². The number of rotatable bonds is 4. The molecule has 1 aromatic rings. The lowest BCUT2D eigenvalue weighted by Gasteiger charge is -2.21. The van der Waals surface area contributed by atoms with E-state index in [9.17, 15) is 0 Å². The van der Waals surface area contributed by atoms with E-state index >= 15 is 0 Å². The summed E-state index contributed by atoms with van der Waals surface area (Å²) in [5, 5.41) is 4.33. The number of ether oxygens (including phenoxy) is 1. The number of hydrogen-bond acceptors (Lipinski definition) is 3. The molecule has 4 heteroatoms. The fourth-order valence-electron chi connectivity index (χ4n) is 2.92. The van der Waals surface area contributed by atoms with Gasteiger partial charge in [0.15, 0.2) is 5.75 Å². The number of nitrogens with zero attached hydrogens (tertiary/aromatic N) is 2. The van der Waals surface area contributed by atoms with Crippen LogP contribution in [-0.2, 0) is 6.54 Å². The Balaban J connectivity index is 2.22. The van der Waals surface area contributed by atoms with Crippen LogP contribution in [0.3, 0.4) is 0 Å². The van der Waals surface area contributed by atoms with Crippen LogP contribution >= 0.6 is 0 Å². The quantitative estimate of drug-likeness (QED) is 0.874. The molecule has 0 aromatic carbocycles. The molecule has 0 amide bonds. The smallest absolute Gasteiger partial charge is 0.161 e. The van der Waals surface area contributed by atoms with Crippen molar-refractivity contribution in [2.24, 2.45) is 17.6 Å². The summed E-state index contributed by atoms with van der Waals surface area (Å²) >= 11 is 0. The normalized spacial score (nSPS) is 26.1. The van der Waals surface area contributed by atoms with Crippen molar-refractivity contribution in [3.63, 3.8) is 0 Å². The molecule has 0 saturated heterocycles. The number of aromatic nitrogens is 2. The van der Waals surface area contributed by atoms with E-state index in [0.29, 0.717) is 5.92 Å². The van der Waals surface area contributed by atoms with Crippen molar-refractivity contribution in [1.29, 1.82) is 0 Å². The topological polar surface area (TPSA) is 53.1 Å². The lowest BCUT2D eigenvalue weighted by Crippen LogP contribution is -2.23. The lowest BCUT2D eigenvalue weighted by atomic mass is 9.94. The number of methoxy groups -OCH3 is 1.